The summed E-state index contributed by atoms with van der Waals surface area (Å²) in [5.74, 6) is 1.59. The summed E-state index contributed by atoms with van der Waals surface area (Å²) in [6.07, 6.45) is 6.51. The molecule has 0 aromatic heterocycles. The number of hydrazine groups is 1. The highest BCUT2D eigenvalue weighted by Gasteiger charge is 2.12. The van der Waals surface area contributed by atoms with Crippen molar-refractivity contribution in [2.75, 3.05) is 18.4 Å². The summed E-state index contributed by atoms with van der Waals surface area (Å²) in [6.45, 7) is 13.1. The molecule has 2 atom stereocenters. The highest BCUT2D eigenvalue weighted by atomic mass is 32.1. The Morgan fingerprint density at radius 1 is 1.21 bits per heavy atom. The summed E-state index contributed by atoms with van der Waals surface area (Å²) < 4.78 is 0. The first-order valence-electron chi connectivity index (χ1n) is 10.6. The topological polar surface area (TPSA) is 65.3 Å². The maximum absolute atomic E-state index is 5.65. The van der Waals surface area contributed by atoms with E-state index in [0.29, 0.717) is 0 Å². The third kappa shape index (κ3) is 10.2. The highest BCUT2D eigenvalue weighted by Crippen LogP contribution is 2.17. The van der Waals surface area contributed by atoms with Crippen LogP contribution >= 0.6 is 12.6 Å². The number of hydrogen-bond acceptors (Lipinski definition) is 6. The average Bonchev–Trinajstić information content (AvgIpc) is 2.66. The molecule has 0 spiro atoms. The van der Waals surface area contributed by atoms with Gasteiger partial charge in [0.15, 0.2) is 6.29 Å². The van der Waals surface area contributed by atoms with Crippen molar-refractivity contribution < 1.29 is 0 Å². The fourth-order valence-corrected chi connectivity index (χ4v) is 3.14. The Labute approximate surface area is 177 Å². The summed E-state index contributed by atoms with van der Waals surface area (Å²) in [4.78, 5) is 0.929. The SMILES string of the molecule is CCN(CCCCCC(C)C(C)C)NC(N/C(C)=C\N)Nc1cccc(S)c1. The monoisotopic (exact) mass is 407 g/mol. The molecule has 1 aromatic rings. The predicted molar refractivity (Wildman–Crippen MR) is 125 cm³/mol. The molecule has 1 rings (SSSR count). The third-order valence-corrected chi connectivity index (χ3v) is 5.48. The lowest BCUT2D eigenvalue weighted by atomic mass is 9.92. The lowest BCUT2D eigenvalue weighted by Gasteiger charge is -2.30. The molecular weight excluding hydrogens is 366 g/mol. The van der Waals surface area contributed by atoms with Crippen molar-refractivity contribution in [1.82, 2.24) is 15.8 Å². The molecule has 5 N–H and O–H groups in total. The Morgan fingerprint density at radius 3 is 2.57 bits per heavy atom. The lowest BCUT2D eigenvalue weighted by Crippen LogP contribution is -2.55. The van der Waals surface area contributed by atoms with E-state index < -0.39 is 0 Å². The molecule has 0 saturated heterocycles. The van der Waals surface area contributed by atoms with Gasteiger partial charge in [0.05, 0.1) is 0 Å². The summed E-state index contributed by atoms with van der Waals surface area (Å²) in [6, 6.07) is 7.99. The van der Waals surface area contributed by atoms with E-state index in [1.54, 1.807) is 6.20 Å². The Bertz CT molecular complexity index is 576. The number of anilines is 1. The summed E-state index contributed by atoms with van der Waals surface area (Å²) >= 11 is 4.42. The molecule has 0 fully saturated rings. The van der Waals surface area contributed by atoms with Crippen LogP contribution in [-0.2, 0) is 0 Å². The summed E-state index contributed by atoms with van der Waals surface area (Å²) in [5, 5.41) is 9.10. The van der Waals surface area contributed by atoms with Crippen molar-refractivity contribution in [1.29, 1.82) is 0 Å². The zero-order chi connectivity index (χ0) is 20.9. The molecular formula is C22H41N5S. The van der Waals surface area contributed by atoms with Crippen LogP contribution in [0.3, 0.4) is 0 Å². The molecule has 0 saturated carbocycles. The van der Waals surface area contributed by atoms with Crippen LogP contribution in [0.1, 0.15) is 60.3 Å². The summed E-state index contributed by atoms with van der Waals surface area (Å²) in [7, 11) is 0. The molecule has 0 bridgehead atoms. The normalized spacial score (nSPS) is 14.4. The molecule has 5 nitrogen and oxygen atoms in total. The smallest absolute Gasteiger partial charge is 0.165 e. The molecule has 28 heavy (non-hydrogen) atoms. The number of nitrogens with zero attached hydrogens (tertiary/aromatic N) is 1. The molecule has 0 radical (unpaired) electrons. The molecule has 0 amide bonds. The van der Waals surface area contributed by atoms with Crippen LogP contribution in [0, 0.1) is 11.8 Å². The van der Waals surface area contributed by atoms with E-state index in [9.17, 15) is 0 Å². The number of allylic oxidation sites excluding steroid dienone is 1. The number of nitrogens with two attached hydrogens (primary N) is 1. The number of thiol groups is 1. The van der Waals surface area contributed by atoms with Gasteiger partial charge in [0.1, 0.15) is 0 Å². The van der Waals surface area contributed by atoms with Gasteiger partial charge in [-0.15, -0.1) is 12.6 Å². The molecule has 0 aliphatic heterocycles. The fourth-order valence-electron chi connectivity index (χ4n) is 2.91. The van der Waals surface area contributed by atoms with Gasteiger partial charge in [-0.05, 0) is 43.4 Å². The van der Waals surface area contributed by atoms with Crippen LogP contribution in [0.4, 0.5) is 5.69 Å². The molecule has 1 aromatic carbocycles. The maximum Gasteiger partial charge on any atom is 0.165 e. The Morgan fingerprint density at radius 2 is 1.96 bits per heavy atom. The fraction of sp³-hybridized carbons (Fsp3) is 0.636. The quantitative estimate of drug-likeness (QED) is 0.133. The molecule has 2 unspecified atom stereocenters. The first-order chi connectivity index (χ1) is 13.3. The third-order valence-electron chi connectivity index (χ3n) is 5.20. The van der Waals surface area contributed by atoms with Crippen molar-refractivity contribution in [3.8, 4) is 0 Å². The number of nitrogens with one attached hydrogen (secondary N) is 3. The minimum Gasteiger partial charge on any atom is -0.403 e. The Hall–Kier alpha value is -1.37. The first-order valence-corrected chi connectivity index (χ1v) is 11.0. The van der Waals surface area contributed by atoms with Gasteiger partial charge in [0.2, 0.25) is 0 Å². The summed E-state index contributed by atoms with van der Waals surface area (Å²) in [5.41, 5.74) is 11.1. The first kappa shape index (κ1) is 24.7. The second-order valence-corrected chi connectivity index (χ2v) is 8.42. The molecule has 0 aliphatic carbocycles. The van der Waals surface area contributed by atoms with Crippen molar-refractivity contribution in [2.24, 2.45) is 17.6 Å². The van der Waals surface area contributed by atoms with Gasteiger partial charge >= 0.3 is 0 Å². The van der Waals surface area contributed by atoms with Gasteiger partial charge in [-0.2, -0.15) is 0 Å². The second-order valence-electron chi connectivity index (χ2n) is 7.90. The Kier molecular flexibility index (Phi) is 12.1. The number of benzene rings is 1. The standard InChI is InChI=1S/C22H41N5S/c1-6-27(14-9-7-8-11-18(4)17(2)3)26-22(24-19(5)16-23)25-20-12-10-13-21(28)15-20/h10,12-13,15-18,22,24-26,28H,6-9,11,14,23H2,1-5H3/b19-16-. The van der Waals surface area contributed by atoms with Crippen molar-refractivity contribution >= 4 is 18.3 Å². The van der Waals surface area contributed by atoms with E-state index in [-0.39, 0.29) is 6.29 Å². The minimum atomic E-state index is -0.157. The number of hydrogen-bond donors (Lipinski definition) is 5. The van der Waals surface area contributed by atoms with Gasteiger partial charge in [-0.25, -0.2) is 10.4 Å². The molecule has 0 heterocycles. The maximum atomic E-state index is 5.65. The zero-order valence-corrected chi connectivity index (χ0v) is 19.2. The van der Waals surface area contributed by atoms with E-state index >= 15 is 0 Å². The van der Waals surface area contributed by atoms with E-state index in [0.717, 1.165) is 41.2 Å². The minimum absolute atomic E-state index is 0.157. The van der Waals surface area contributed by atoms with Gasteiger partial charge < -0.3 is 16.4 Å². The van der Waals surface area contributed by atoms with E-state index in [1.165, 1.54) is 25.7 Å². The Balaban J connectivity index is 2.53. The molecule has 6 heteroatoms. The van der Waals surface area contributed by atoms with Gasteiger partial charge in [-0.1, -0.05) is 53.0 Å². The zero-order valence-electron chi connectivity index (χ0n) is 18.3. The second kappa shape index (κ2) is 13.7. The van der Waals surface area contributed by atoms with E-state index in [4.69, 9.17) is 5.73 Å². The molecule has 160 valence electrons. The average molecular weight is 408 g/mol. The van der Waals surface area contributed by atoms with Crippen LogP contribution in [-0.4, -0.2) is 24.4 Å². The number of rotatable bonds is 14. The van der Waals surface area contributed by atoms with Crippen molar-refractivity contribution in [3.05, 3.63) is 36.2 Å². The van der Waals surface area contributed by atoms with E-state index in [2.05, 4.69) is 61.4 Å². The largest absolute Gasteiger partial charge is 0.403 e. The van der Waals surface area contributed by atoms with Crippen molar-refractivity contribution in [3.63, 3.8) is 0 Å². The van der Waals surface area contributed by atoms with Crippen LogP contribution < -0.4 is 21.8 Å². The van der Waals surface area contributed by atoms with Crippen LogP contribution in [0.25, 0.3) is 0 Å². The highest BCUT2D eigenvalue weighted by molar-refractivity contribution is 7.80. The van der Waals surface area contributed by atoms with Gasteiger partial charge in [0, 0.05) is 35.6 Å². The molecule has 0 aliphatic rings. The predicted octanol–water partition coefficient (Wildman–Crippen LogP) is 4.76. The van der Waals surface area contributed by atoms with Crippen molar-refractivity contribution in [2.45, 2.75) is 71.5 Å². The van der Waals surface area contributed by atoms with Crippen LogP contribution in [0.5, 0.6) is 0 Å². The van der Waals surface area contributed by atoms with E-state index in [1.807, 2.05) is 31.2 Å². The van der Waals surface area contributed by atoms with Crippen LogP contribution in [0.15, 0.2) is 41.1 Å². The van der Waals surface area contributed by atoms with Gasteiger partial charge in [-0.3, -0.25) is 0 Å². The van der Waals surface area contributed by atoms with Crippen LogP contribution in [0.2, 0.25) is 0 Å². The number of unbranched alkanes of at least 4 members (excludes halogenated alkanes) is 2. The van der Waals surface area contributed by atoms with Gasteiger partial charge in [0.25, 0.3) is 0 Å². The lowest BCUT2D eigenvalue weighted by molar-refractivity contribution is 0.160.